The van der Waals surface area contributed by atoms with Gasteiger partial charge in [0.1, 0.15) is 0 Å². The minimum Gasteiger partial charge on any atom is -0.330 e. The fourth-order valence-electron chi connectivity index (χ4n) is 1.62. The van der Waals surface area contributed by atoms with Crippen molar-refractivity contribution in [1.29, 1.82) is 0 Å². The molecule has 4 nitrogen and oxygen atoms in total. The van der Waals surface area contributed by atoms with Crippen molar-refractivity contribution in [3.8, 4) is 0 Å². The van der Waals surface area contributed by atoms with Gasteiger partial charge >= 0.3 is 0 Å². The lowest BCUT2D eigenvalue weighted by molar-refractivity contribution is 0.554. The van der Waals surface area contributed by atoms with Gasteiger partial charge in [-0.15, -0.1) is 23.2 Å². The second-order valence-electron chi connectivity index (χ2n) is 4.00. The fourth-order valence-corrected chi connectivity index (χ4v) is 4.87. The van der Waals surface area contributed by atoms with Gasteiger partial charge in [-0.1, -0.05) is 0 Å². The smallest absolute Gasteiger partial charge is 0.158 e. The maximum atomic E-state index is 12.3. The van der Waals surface area contributed by atoms with Crippen LogP contribution in [-0.2, 0) is 9.84 Å². The van der Waals surface area contributed by atoms with E-state index in [1.165, 1.54) is 0 Å². The molecule has 2 atom stereocenters. The van der Waals surface area contributed by atoms with Gasteiger partial charge in [-0.25, -0.2) is 8.42 Å². The first kappa shape index (κ1) is 17.4. The molecule has 0 saturated carbocycles. The van der Waals surface area contributed by atoms with Crippen LogP contribution in [-0.4, -0.2) is 43.8 Å². The lowest BCUT2D eigenvalue weighted by atomic mass is 10.2. The highest BCUT2D eigenvalue weighted by molar-refractivity contribution is 7.92. The van der Waals surface area contributed by atoms with Crippen LogP contribution < -0.4 is 11.5 Å². The largest absolute Gasteiger partial charge is 0.330 e. The van der Waals surface area contributed by atoms with Gasteiger partial charge in [0.25, 0.3) is 0 Å². The van der Waals surface area contributed by atoms with E-state index in [-0.39, 0.29) is 11.8 Å². The standard InChI is InChI=1S/C10H22Cl2N2O2S/c11-7-9(3-1-5-13)17(15,16)10(8-12)4-2-6-14/h9-10H,1-8,13-14H2. The summed E-state index contributed by atoms with van der Waals surface area (Å²) in [6.07, 6.45) is 2.31. The monoisotopic (exact) mass is 304 g/mol. The summed E-state index contributed by atoms with van der Waals surface area (Å²) in [7, 11) is -3.28. The Bertz CT molecular complexity index is 264. The summed E-state index contributed by atoms with van der Waals surface area (Å²) in [6.45, 7) is 0.939. The van der Waals surface area contributed by atoms with E-state index in [1.807, 2.05) is 0 Å². The summed E-state index contributed by atoms with van der Waals surface area (Å²) in [4.78, 5) is 0. The zero-order valence-electron chi connectivity index (χ0n) is 9.95. The van der Waals surface area contributed by atoms with Gasteiger partial charge in [-0.05, 0) is 38.8 Å². The first-order valence-electron chi connectivity index (χ1n) is 5.79. The topological polar surface area (TPSA) is 86.2 Å². The van der Waals surface area contributed by atoms with Crippen LogP contribution in [0.15, 0.2) is 0 Å². The molecule has 0 bridgehead atoms. The van der Waals surface area contributed by atoms with Gasteiger partial charge in [0.15, 0.2) is 9.84 Å². The predicted molar refractivity (Wildman–Crippen MR) is 74.5 cm³/mol. The summed E-state index contributed by atoms with van der Waals surface area (Å²) in [5, 5.41) is -1.09. The van der Waals surface area contributed by atoms with E-state index in [2.05, 4.69) is 0 Å². The Morgan fingerprint density at radius 1 is 0.882 bits per heavy atom. The first-order valence-corrected chi connectivity index (χ1v) is 8.47. The molecule has 0 aliphatic heterocycles. The van der Waals surface area contributed by atoms with Crippen LogP contribution >= 0.6 is 23.2 Å². The Kier molecular flexibility index (Phi) is 9.64. The third kappa shape index (κ3) is 5.75. The van der Waals surface area contributed by atoms with Crippen LogP contribution in [0.25, 0.3) is 0 Å². The number of sulfone groups is 1. The molecule has 0 radical (unpaired) electrons. The van der Waals surface area contributed by atoms with Gasteiger partial charge < -0.3 is 11.5 Å². The van der Waals surface area contributed by atoms with Crippen molar-refractivity contribution in [3.05, 3.63) is 0 Å². The van der Waals surface area contributed by atoms with E-state index in [4.69, 9.17) is 34.7 Å². The quantitative estimate of drug-likeness (QED) is 0.592. The van der Waals surface area contributed by atoms with Gasteiger partial charge in [0.05, 0.1) is 10.5 Å². The normalized spacial score (nSPS) is 15.8. The average molecular weight is 305 g/mol. The average Bonchev–Trinajstić information content (AvgIpc) is 2.30. The SMILES string of the molecule is NCCCC(CCl)S(=O)(=O)C(CCl)CCCN. The molecule has 0 rings (SSSR count). The van der Waals surface area contributed by atoms with Gasteiger partial charge in [-0.2, -0.15) is 0 Å². The molecule has 7 heteroatoms. The van der Waals surface area contributed by atoms with Crippen LogP contribution in [0.5, 0.6) is 0 Å². The summed E-state index contributed by atoms with van der Waals surface area (Å²) in [5.74, 6) is 0.191. The molecule has 104 valence electrons. The number of halogens is 2. The van der Waals surface area contributed by atoms with E-state index in [0.717, 1.165) is 0 Å². The molecule has 0 heterocycles. The Hall–Kier alpha value is 0.450. The molecule has 0 aliphatic carbocycles. The van der Waals surface area contributed by atoms with Crippen molar-refractivity contribution < 1.29 is 8.42 Å². The van der Waals surface area contributed by atoms with Crippen molar-refractivity contribution in [2.45, 2.75) is 36.2 Å². The molecular weight excluding hydrogens is 283 g/mol. The van der Waals surface area contributed by atoms with E-state index in [9.17, 15) is 8.42 Å². The van der Waals surface area contributed by atoms with E-state index >= 15 is 0 Å². The Morgan fingerprint density at radius 3 is 1.47 bits per heavy atom. The van der Waals surface area contributed by atoms with Crippen LogP contribution in [0, 0.1) is 0 Å². The van der Waals surface area contributed by atoms with Crippen LogP contribution in [0.2, 0.25) is 0 Å². The number of rotatable bonds is 10. The molecule has 0 fully saturated rings. The summed E-state index contributed by atoms with van der Waals surface area (Å²) in [6, 6.07) is 0. The summed E-state index contributed by atoms with van der Waals surface area (Å²) >= 11 is 11.5. The van der Waals surface area contributed by atoms with Gasteiger partial charge in [-0.3, -0.25) is 0 Å². The molecule has 4 N–H and O–H groups in total. The lowest BCUT2D eigenvalue weighted by Crippen LogP contribution is -2.35. The first-order chi connectivity index (χ1) is 8.04. The molecule has 17 heavy (non-hydrogen) atoms. The van der Waals surface area contributed by atoms with E-state index < -0.39 is 20.3 Å². The molecule has 0 saturated heterocycles. The Morgan fingerprint density at radius 2 is 1.24 bits per heavy atom. The van der Waals surface area contributed by atoms with Gasteiger partial charge in [0.2, 0.25) is 0 Å². The molecule has 0 aromatic carbocycles. The third-order valence-corrected chi connectivity index (χ3v) is 6.51. The number of nitrogens with two attached hydrogens (primary N) is 2. The highest BCUT2D eigenvalue weighted by Gasteiger charge is 2.32. The minimum absolute atomic E-state index is 0.0956. The van der Waals surface area contributed by atoms with Crippen molar-refractivity contribution in [3.63, 3.8) is 0 Å². The number of alkyl halides is 2. The maximum absolute atomic E-state index is 12.3. The fraction of sp³-hybridized carbons (Fsp3) is 1.00. The zero-order chi connectivity index (χ0) is 13.3. The minimum atomic E-state index is -3.28. The Labute approximate surface area is 114 Å². The van der Waals surface area contributed by atoms with Crippen molar-refractivity contribution in [1.82, 2.24) is 0 Å². The summed E-state index contributed by atoms with van der Waals surface area (Å²) < 4.78 is 24.5. The molecule has 0 aromatic heterocycles. The molecule has 0 amide bonds. The number of hydrogen-bond donors (Lipinski definition) is 2. The highest BCUT2D eigenvalue weighted by atomic mass is 35.5. The Balaban J connectivity index is 4.66. The predicted octanol–water partition coefficient (Wildman–Crippen LogP) is 1.09. The molecule has 0 aromatic rings. The van der Waals surface area contributed by atoms with Gasteiger partial charge in [0, 0.05) is 11.8 Å². The second kappa shape index (κ2) is 9.39. The third-order valence-electron chi connectivity index (χ3n) is 2.73. The molecule has 0 aliphatic rings. The van der Waals surface area contributed by atoms with E-state index in [1.54, 1.807) is 0 Å². The van der Waals surface area contributed by atoms with Crippen LogP contribution in [0.4, 0.5) is 0 Å². The maximum Gasteiger partial charge on any atom is 0.158 e. The van der Waals surface area contributed by atoms with Crippen molar-refractivity contribution in [2.24, 2.45) is 11.5 Å². The zero-order valence-corrected chi connectivity index (χ0v) is 12.3. The molecule has 0 spiro atoms. The summed E-state index contributed by atoms with van der Waals surface area (Å²) in [5.41, 5.74) is 10.8. The second-order valence-corrected chi connectivity index (χ2v) is 7.13. The lowest BCUT2D eigenvalue weighted by Gasteiger charge is -2.21. The number of hydrogen-bond acceptors (Lipinski definition) is 4. The van der Waals surface area contributed by atoms with Crippen molar-refractivity contribution in [2.75, 3.05) is 24.8 Å². The molecular formula is C10H22Cl2N2O2S. The van der Waals surface area contributed by atoms with Crippen LogP contribution in [0.3, 0.4) is 0 Å². The van der Waals surface area contributed by atoms with E-state index in [0.29, 0.717) is 38.8 Å². The van der Waals surface area contributed by atoms with Crippen molar-refractivity contribution >= 4 is 33.0 Å². The molecule has 2 unspecified atom stereocenters. The van der Waals surface area contributed by atoms with Crippen LogP contribution in [0.1, 0.15) is 25.7 Å². The highest BCUT2D eigenvalue weighted by Crippen LogP contribution is 2.20.